The van der Waals surface area contributed by atoms with Crippen molar-refractivity contribution in [3.8, 4) is 0 Å². The van der Waals surface area contributed by atoms with Crippen molar-refractivity contribution in [2.75, 3.05) is 0 Å². The van der Waals surface area contributed by atoms with Gasteiger partial charge in [0.15, 0.2) is 5.78 Å². The molecular formula is C27H34O3. The molecule has 2 aromatic carbocycles. The lowest BCUT2D eigenvalue weighted by Crippen LogP contribution is -2.25. The van der Waals surface area contributed by atoms with Gasteiger partial charge in [0.2, 0.25) is 0 Å². The van der Waals surface area contributed by atoms with Crippen molar-refractivity contribution >= 4 is 11.8 Å². The SMILES string of the molecule is CC(=O)c1ccc(CC(C(=O)O)c2ccc(C3CCC(C(C)(C)C)CC3)cc2)cc1. The highest BCUT2D eigenvalue weighted by molar-refractivity contribution is 5.94. The summed E-state index contributed by atoms with van der Waals surface area (Å²) in [5.41, 5.74) is 4.13. The van der Waals surface area contributed by atoms with Crippen molar-refractivity contribution in [3.05, 3.63) is 70.8 Å². The first kappa shape index (κ1) is 22.3. The molecular weight excluding hydrogens is 372 g/mol. The zero-order valence-corrected chi connectivity index (χ0v) is 18.7. The predicted octanol–water partition coefficient (Wildman–Crippen LogP) is 6.62. The number of benzene rings is 2. The highest BCUT2D eigenvalue weighted by Gasteiger charge is 2.30. The van der Waals surface area contributed by atoms with Crippen LogP contribution in [0.5, 0.6) is 0 Å². The van der Waals surface area contributed by atoms with E-state index in [0.29, 0.717) is 23.3 Å². The van der Waals surface area contributed by atoms with E-state index in [1.165, 1.54) is 38.2 Å². The minimum atomic E-state index is -0.816. The molecule has 2 aromatic rings. The van der Waals surface area contributed by atoms with Crippen LogP contribution in [0.4, 0.5) is 0 Å². The molecule has 3 heteroatoms. The van der Waals surface area contributed by atoms with Crippen molar-refractivity contribution in [1.82, 2.24) is 0 Å². The van der Waals surface area contributed by atoms with E-state index < -0.39 is 11.9 Å². The lowest BCUT2D eigenvalue weighted by Gasteiger charge is -2.37. The monoisotopic (exact) mass is 406 g/mol. The molecule has 0 radical (unpaired) electrons. The van der Waals surface area contributed by atoms with Gasteiger partial charge in [0.1, 0.15) is 0 Å². The summed E-state index contributed by atoms with van der Waals surface area (Å²) >= 11 is 0. The lowest BCUT2D eigenvalue weighted by molar-refractivity contribution is -0.138. The van der Waals surface area contributed by atoms with Crippen molar-refractivity contribution < 1.29 is 14.7 Å². The molecule has 1 fully saturated rings. The Morgan fingerprint density at radius 3 is 1.97 bits per heavy atom. The summed E-state index contributed by atoms with van der Waals surface area (Å²) in [6.07, 6.45) is 5.38. The van der Waals surface area contributed by atoms with E-state index >= 15 is 0 Å². The van der Waals surface area contributed by atoms with Gasteiger partial charge in [-0.25, -0.2) is 0 Å². The fraction of sp³-hybridized carbons (Fsp3) is 0.481. The fourth-order valence-corrected chi connectivity index (χ4v) is 4.75. The maximum Gasteiger partial charge on any atom is 0.311 e. The average Bonchev–Trinajstić information content (AvgIpc) is 2.72. The molecule has 0 bridgehead atoms. The van der Waals surface area contributed by atoms with E-state index in [1.807, 2.05) is 24.3 Å². The fourth-order valence-electron chi connectivity index (χ4n) is 4.75. The first-order chi connectivity index (χ1) is 14.1. The Labute approximate surface area is 180 Å². The van der Waals surface area contributed by atoms with Crippen LogP contribution in [0.2, 0.25) is 0 Å². The number of ketones is 1. The predicted molar refractivity (Wildman–Crippen MR) is 121 cm³/mol. The maximum atomic E-state index is 11.9. The Morgan fingerprint density at radius 2 is 1.50 bits per heavy atom. The number of carbonyl (C=O) groups excluding carboxylic acids is 1. The van der Waals surface area contributed by atoms with E-state index in [9.17, 15) is 14.7 Å². The smallest absolute Gasteiger partial charge is 0.311 e. The normalized spacial score (nSPS) is 20.5. The summed E-state index contributed by atoms with van der Waals surface area (Å²) in [6, 6.07) is 15.5. The average molecular weight is 407 g/mol. The van der Waals surface area contributed by atoms with Gasteiger partial charge in [-0.2, -0.15) is 0 Å². The molecule has 1 aliphatic carbocycles. The highest BCUT2D eigenvalue weighted by Crippen LogP contribution is 2.43. The molecule has 0 heterocycles. The first-order valence-electron chi connectivity index (χ1n) is 11.1. The molecule has 0 aromatic heterocycles. The molecule has 30 heavy (non-hydrogen) atoms. The molecule has 0 spiro atoms. The van der Waals surface area contributed by atoms with Crippen LogP contribution in [-0.2, 0) is 11.2 Å². The molecule has 0 aliphatic heterocycles. The molecule has 3 nitrogen and oxygen atoms in total. The van der Waals surface area contributed by atoms with Gasteiger partial charge in [0.25, 0.3) is 0 Å². The van der Waals surface area contributed by atoms with Gasteiger partial charge in [-0.05, 0) is 73.0 Å². The Hall–Kier alpha value is -2.42. The first-order valence-corrected chi connectivity index (χ1v) is 11.1. The zero-order valence-electron chi connectivity index (χ0n) is 18.7. The second kappa shape index (κ2) is 9.16. The van der Waals surface area contributed by atoms with Crippen LogP contribution < -0.4 is 0 Å². The summed E-state index contributed by atoms with van der Waals surface area (Å²) in [5.74, 6) is -0.00903. The number of rotatable bonds is 6. The number of hydrogen-bond acceptors (Lipinski definition) is 2. The van der Waals surface area contributed by atoms with Gasteiger partial charge in [-0.3, -0.25) is 9.59 Å². The number of carbonyl (C=O) groups is 2. The summed E-state index contributed by atoms with van der Waals surface area (Å²) in [7, 11) is 0. The van der Waals surface area contributed by atoms with E-state index in [2.05, 4.69) is 32.9 Å². The Balaban J connectivity index is 1.68. The Morgan fingerprint density at radius 1 is 0.933 bits per heavy atom. The van der Waals surface area contributed by atoms with E-state index in [0.717, 1.165) is 17.0 Å². The molecule has 0 saturated heterocycles. The standard InChI is InChI=1S/C27H34O3/c1-18(28)20-7-5-19(6-8-20)17-25(26(29)30)23-11-9-21(10-12-23)22-13-15-24(16-14-22)27(2,3)4/h5-12,22,24-25H,13-17H2,1-4H3,(H,29,30). The summed E-state index contributed by atoms with van der Waals surface area (Å²) in [4.78, 5) is 23.4. The number of Topliss-reactive ketones (excluding diaryl/α,β-unsaturated/α-hetero) is 1. The molecule has 0 amide bonds. The Bertz CT molecular complexity index is 864. The van der Waals surface area contributed by atoms with Crippen LogP contribution in [0, 0.1) is 11.3 Å². The van der Waals surface area contributed by atoms with Crippen LogP contribution in [-0.4, -0.2) is 16.9 Å². The largest absolute Gasteiger partial charge is 0.481 e. The molecule has 160 valence electrons. The number of hydrogen-bond donors (Lipinski definition) is 1. The van der Waals surface area contributed by atoms with Crippen molar-refractivity contribution in [2.45, 2.75) is 71.6 Å². The van der Waals surface area contributed by atoms with E-state index in [4.69, 9.17) is 0 Å². The molecule has 3 rings (SSSR count). The number of carboxylic acid groups (broad SMARTS) is 1. The Kier molecular flexibility index (Phi) is 6.80. The molecule has 1 aliphatic rings. The van der Waals surface area contributed by atoms with Crippen LogP contribution in [0.1, 0.15) is 92.3 Å². The van der Waals surface area contributed by atoms with Crippen molar-refractivity contribution in [3.63, 3.8) is 0 Å². The van der Waals surface area contributed by atoms with Gasteiger partial charge in [0.05, 0.1) is 5.92 Å². The summed E-state index contributed by atoms with van der Waals surface area (Å²) in [6.45, 7) is 8.55. The van der Waals surface area contributed by atoms with Gasteiger partial charge < -0.3 is 5.11 Å². The molecule has 1 N–H and O–H groups in total. The third-order valence-corrected chi connectivity index (χ3v) is 6.86. The van der Waals surface area contributed by atoms with Crippen LogP contribution in [0.25, 0.3) is 0 Å². The minimum absolute atomic E-state index is 0.0171. The van der Waals surface area contributed by atoms with Crippen LogP contribution in [0.3, 0.4) is 0 Å². The molecule has 1 saturated carbocycles. The van der Waals surface area contributed by atoms with Crippen LogP contribution >= 0.6 is 0 Å². The summed E-state index contributed by atoms with van der Waals surface area (Å²) in [5, 5.41) is 9.80. The van der Waals surface area contributed by atoms with Gasteiger partial charge in [0, 0.05) is 5.56 Å². The third kappa shape index (κ3) is 5.38. The molecule has 1 atom stereocenters. The second-order valence-electron chi connectivity index (χ2n) is 9.93. The minimum Gasteiger partial charge on any atom is -0.481 e. The maximum absolute atomic E-state index is 11.9. The van der Waals surface area contributed by atoms with Crippen molar-refractivity contribution in [2.24, 2.45) is 11.3 Å². The zero-order chi connectivity index (χ0) is 21.9. The highest BCUT2D eigenvalue weighted by atomic mass is 16.4. The van der Waals surface area contributed by atoms with Gasteiger partial charge in [-0.1, -0.05) is 69.3 Å². The van der Waals surface area contributed by atoms with Gasteiger partial charge >= 0.3 is 5.97 Å². The van der Waals surface area contributed by atoms with Crippen molar-refractivity contribution in [1.29, 1.82) is 0 Å². The van der Waals surface area contributed by atoms with E-state index in [1.54, 1.807) is 12.1 Å². The van der Waals surface area contributed by atoms with Crippen LogP contribution in [0.15, 0.2) is 48.5 Å². The molecule has 1 unspecified atom stereocenters. The number of aliphatic carboxylic acids is 1. The lowest BCUT2D eigenvalue weighted by atomic mass is 9.68. The topological polar surface area (TPSA) is 54.4 Å². The number of carboxylic acids is 1. The van der Waals surface area contributed by atoms with E-state index in [-0.39, 0.29) is 5.78 Å². The summed E-state index contributed by atoms with van der Waals surface area (Å²) < 4.78 is 0. The quantitative estimate of drug-likeness (QED) is 0.548. The second-order valence-corrected chi connectivity index (χ2v) is 9.93. The third-order valence-electron chi connectivity index (χ3n) is 6.86. The van der Waals surface area contributed by atoms with Gasteiger partial charge in [-0.15, -0.1) is 0 Å².